The number of halogens is 1. The molecule has 0 radical (unpaired) electrons. The molecule has 0 unspecified atom stereocenters. The Morgan fingerprint density at radius 3 is 2.41 bits per heavy atom. The number of benzene rings is 2. The van der Waals surface area contributed by atoms with Gasteiger partial charge in [0.05, 0.1) is 6.42 Å². The number of hydrogen-bond donors (Lipinski definition) is 2. The molecule has 3 rings (SSSR count). The molecular weight excluding hydrogens is 390 g/mol. The molecule has 6 nitrogen and oxygen atoms in total. The lowest BCUT2D eigenvalue weighted by Crippen LogP contribution is -2.47. The molecule has 7 heteroatoms. The lowest BCUT2D eigenvalue weighted by Gasteiger charge is -2.32. The lowest BCUT2D eigenvalue weighted by atomic mass is 10.0. The van der Waals surface area contributed by atoms with Crippen molar-refractivity contribution in [3.63, 3.8) is 0 Å². The lowest BCUT2D eigenvalue weighted by molar-refractivity contribution is -0.131. The fraction of sp³-hybridized carbons (Fsp3) is 0.318. The summed E-state index contributed by atoms with van der Waals surface area (Å²) in [6, 6.07) is 14.2. The largest absolute Gasteiger partial charge is 0.349 e. The van der Waals surface area contributed by atoms with Gasteiger partial charge in [-0.15, -0.1) is 0 Å². The summed E-state index contributed by atoms with van der Waals surface area (Å²) in [6.07, 6.45) is 1.77. The van der Waals surface area contributed by atoms with Gasteiger partial charge in [0.25, 0.3) is 5.91 Å². The van der Waals surface area contributed by atoms with Crippen molar-refractivity contribution >= 4 is 35.0 Å². The third-order valence-corrected chi connectivity index (χ3v) is 5.15. The predicted octanol–water partition coefficient (Wildman–Crippen LogP) is 3.26. The summed E-state index contributed by atoms with van der Waals surface area (Å²) >= 11 is 5.88. The van der Waals surface area contributed by atoms with E-state index in [0.29, 0.717) is 48.6 Å². The fourth-order valence-corrected chi connectivity index (χ4v) is 3.50. The van der Waals surface area contributed by atoms with Crippen LogP contribution in [0.25, 0.3) is 0 Å². The molecular formula is C22H24ClN3O3. The average Bonchev–Trinajstić information content (AvgIpc) is 2.70. The van der Waals surface area contributed by atoms with Crippen LogP contribution in [0.5, 0.6) is 0 Å². The molecule has 1 aliphatic rings. The van der Waals surface area contributed by atoms with E-state index in [1.54, 1.807) is 36.4 Å². The molecule has 1 aliphatic heterocycles. The highest BCUT2D eigenvalue weighted by atomic mass is 35.5. The van der Waals surface area contributed by atoms with Crippen molar-refractivity contribution < 1.29 is 14.4 Å². The minimum Gasteiger partial charge on any atom is -0.349 e. The van der Waals surface area contributed by atoms with E-state index in [9.17, 15) is 14.4 Å². The third kappa shape index (κ3) is 6.06. The van der Waals surface area contributed by atoms with Gasteiger partial charge in [-0.05, 0) is 48.7 Å². The number of amides is 3. The van der Waals surface area contributed by atoms with Gasteiger partial charge in [-0.1, -0.05) is 29.8 Å². The molecule has 1 heterocycles. The minimum atomic E-state index is -0.182. The zero-order chi connectivity index (χ0) is 20.8. The van der Waals surface area contributed by atoms with Crippen LogP contribution < -0.4 is 10.6 Å². The van der Waals surface area contributed by atoms with Gasteiger partial charge in [0, 0.05) is 42.3 Å². The number of nitrogens with one attached hydrogen (secondary N) is 2. The monoisotopic (exact) mass is 413 g/mol. The number of piperidine rings is 1. The Labute approximate surface area is 175 Å². The number of likely N-dealkylation sites (tertiary alicyclic amines) is 1. The second kappa shape index (κ2) is 9.56. The molecule has 29 heavy (non-hydrogen) atoms. The van der Waals surface area contributed by atoms with E-state index in [4.69, 9.17) is 11.6 Å². The highest BCUT2D eigenvalue weighted by molar-refractivity contribution is 6.30. The van der Waals surface area contributed by atoms with Crippen LogP contribution in [0.15, 0.2) is 48.5 Å². The zero-order valence-electron chi connectivity index (χ0n) is 16.3. The minimum absolute atomic E-state index is 0.0199. The number of nitrogens with zero attached hydrogens (tertiary/aromatic N) is 1. The standard InChI is InChI=1S/C22H24ClN3O3/c1-15(27)24-20-4-2-3-17(14-20)22(29)25-19-9-11-26(12-10-19)21(28)13-16-5-7-18(23)8-6-16/h2-8,14,19H,9-13H2,1H3,(H,24,27)(H,25,29). The SMILES string of the molecule is CC(=O)Nc1cccc(C(=O)NC2CCN(C(=O)Cc3ccc(Cl)cc3)CC2)c1. The van der Waals surface area contributed by atoms with Crippen LogP contribution in [0, 0.1) is 0 Å². The van der Waals surface area contributed by atoms with E-state index in [1.165, 1.54) is 6.92 Å². The summed E-state index contributed by atoms with van der Waals surface area (Å²) in [4.78, 5) is 38.0. The first-order chi connectivity index (χ1) is 13.9. The van der Waals surface area contributed by atoms with Crippen molar-refractivity contribution in [3.05, 3.63) is 64.7 Å². The summed E-state index contributed by atoms with van der Waals surface area (Å²) in [7, 11) is 0. The van der Waals surface area contributed by atoms with Crippen molar-refractivity contribution in [2.45, 2.75) is 32.2 Å². The van der Waals surface area contributed by atoms with Crippen LogP contribution in [-0.2, 0) is 16.0 Å². The van der Waals surface area contributed by atoms with Crippen LogP contribution in [0.4, 0.5) is 5.69 Å². The second-order valence-corrected chi connectivity index (χ2v) is 7.63. The van der Waals surface area contributed by atoms with Crippen LogP contribution in [0.2, 0.25) is 5.02 Å². The summed E-state index contributed by atoms with van der Waals surface area (Å²) in [5.74, 6) is -0.276. The number of rotatable bonds is 5. The molecule has 2 N–H and O–H groups in total. The quantitative estimate of drug-likeness (QED) is 0.789. The Hall–Kier alpha value is -2.86. The smallest absolute Gasteiger partial charge is 0.251 e. The summed E-state index contributed by atoms with van der Waals surface area (Å²) in [6.45, 7) is 2.65. The van der Waals surface area contributed by atoms with E-state index in [2.05, 4.69) is 10.6 Å². The van der Waals surface area contributed by atoms with Crippen molar-refractivity contribution in [2.75, 3.05) is 18.4 Å². The zero-order valence-corrected chi connectivity index (χ0v) is 17.0. The highest BCUT2D eigenvalue weighted by Gasteiger charge is 2.24. The van der Waals surface area contributed by atoms with Gasteiger partial charge >= 0.3 is 0 Å². The number of hydrogen-bond acceptors (Lipinski definition) is 3. The Morgan fingerprint density at radius 2 is 1.76 bits per heavy atom. The first-order valence-corrected chi connectivity index (χ1v) is 9.99. The summed E-state index contributed by atoms with van der Waals surface area (Å²) in [5, 5.41) is 6.35. The molecule has 1 saturated heterocycles. The van der Waals surface area contributed by atoms with Crippen molar-refractivity contribution in [1.82, 2.24) is 10.2 Å². The molecule has 2 aromatic carbocycles. The van der Waals surface area contributed by atoms with Gasteiger partial charge < -0.3 is 15.5 Å². The van der Waals surface area contributed by atoms with Crippen LogP contribution >= 0.6 is 11.6 Å². The third-order valence-electron chi connectivity index (χ3n) is 4.90. The first kappa shape index (κ1) is 20.9. The molecule has 0 aliphatic carbocycles. The molecule has 0 atom stereocenters. The fourth-order valence-electron chi connectivity index (χ4n) is 3.37. The van der Waals surface area contributed by atoms with E-state index in [1.807, 2.05) is 17.0 Å². The maximum Gasteiger partial charge on any atom is 0.251 e. The van der Waals surface area contributed by atoms with Gasteiger partial charge in [-0.2, -0.15) is 0 Å². The number of anilines is 1. The topological polar surface area (TPSA) is 78.5 Å². The van der Waals surface area contributed by atoms with Gasteiger partial charge in [-0.25, -0.2) is 0 Å². The maximum absolute atomic E-state index is 12.5. The van der Waals surface area contributed by atoms with Crippen molar-refractivity contribution in [3.8, 4) is 0 Å². The van der Waals surface area contributed by atoms with Crippen LogP contribution in [-0.4, -0.2) is 41.8 Å². The first-order valence-electron chi connectivity index (χ1n) is 9.61. The molecule has 2 aromatic rings. The Morgan fingerprint density at radius 1 is 1.07 bits per heavy atom. The Balaban J connectivity index is 1.49. The van der Waals surface area contributed by atoms with E-state index < -0.39 is 0 Å². The van der Waals surface area contributed by atoms with E-state index in [0.717, 1.165) is 5.56 Å². The summed E-state index contributed by atoms with van der Waals surface area (Å²) < 4.78 is 0. The van der Waals surface area contributed by atoms with E-state index >= 15 is 0 Å². The molecule has 0 saturated carbocycles. The van der Waals surface area contributed by atoms with Crippen LogP contribution in [0.1, 0.15) is 35.7 Å². The number of carbonyl (C=O) groups is 3. The van der Waals surface area contributed by atoms with Gasteiger partial charge in [0.2, 0.25) is 11.8 Å². The van der Waals surface area contributed by atoms with Gasteiger partial charge in [0.15, 0.2) is 0 Å². The summed E-state index contributed by atoms with van der Waals surface area (Å²) in [5.41, 5.74) is 2.03. The van der Waals surface area contributed by atoms with E-state index in [-0.39, 0.29) is 23.8 Å². The number of carbonyl (C=O) groups excluding carboxylic acids is 3. The predicted molar refractivity (Wildman–Crippen MR) is 113 cm³/mol. The van der Waals surface area contributed by atoms with Crippen LogP contribution in [0.3, 0.4) is 0 Å². The molecule has 3 amide bonds. The Kier molecular flexibility index (Phi) is 6.88. The maximum atomic E-state index is 12.5. The molecule has 0 aromatic heterocycles. The van der Waals surface area contributed by atoms with Crippen molar-refractivity contribution in [2.24, 2.45) is 0 Å². The van der Waals surface area contributed by atoms with Gasteiger partial charge in [-0.3, -0.25) is 14.4 Å². The molecule has 1 fully saturated rings. The Bertz CT molecular complexity index is 890. The second-order valence-electron chi connectivity index (χ2n) is 7.19. The highest BCUT2D eigenvalue weighted by Crippen LogP contribution is 2.16. The molecule has 0 bridgehead atoms. The van der Waals surface area contributed by atoms with Gasteiger partial charge in [0.1, 0.15) is 0 Å². The molecule has 0 spiro atoms. The van der Waals surface area contributed by atoms with Crippen molar-refractivity contribution in [1.29, 1.82) is 0 Å². The molecule has 152 valence electrons. The normalized spacial score (nSPS) is 14.3. The average molecular weight is 414 g/mol.